The lowest BCUT2D eigenvalue weighted by Crippen LogP contribution is -2.17. The van der Waals surface area contributed by atoms with Crippen molar-refractivity contribution in [2.75, 3.05) is 11.1 Å². The first-order valence-electron chi connectivity index (χ1n) is 5.45. The summed E-state index contributed by atoms with van der Waals surface area (Å²) >= 11 is 0. The van der Waals surface area contributed by atoms with E-state index in [0.29, 0.717) is 5.69 Å². The van der Waals surface area contributed by atoms with Crippen molar-refractivity contribution in [3.63, 3.8) is 0 Å². The third-order valence-corrected chi connectivity index (χ3v) is 2.60. The molecule has 1 amide bonds. The Hall–Kier alpha value is -2.44. The Morgan fingerprint density at radius 2 is 1.89 bits per heavy atom. The minimum atomic E-state index is -0.774. The van der Waals surface area contributed by atoms with Crippen LogP contribution in [0, 0.1) is 18.6 Å². The average molecular weight is 266 g/mol. The van der Waals surface area contributed by atoms with Gasteiger partial charge < -0.3 is 11.1 Å². The van der Waals surface area contributed by atoms with Crippen molar-refractivity contribution in [2.24, 2.45) is 7.05 Å². The van der Waals surface area contributed by atoms with Gasteiger partial charge in [0, 0.05) is 18.8 Å². The molecule has 2 aromatic rings. The van der Waals surface area contributed by atoms with Crippen LogP contribution < -0.4 is 11.1 Å². The fraction of sp³-hybridized carbons (Fsp3) is 0.167. The Labute approximate surface area is 108 Å². The van der Waals surface area contributed by atoms with Gasteiger partial charge in [-0.15, -0.1) is 0 Å². The summed E-state index contributed by atoms with van der Waals surface area (Å²) < 4.78 is 27.3. The molecule has 0 aliphatic carbocycles. The molecule has 1 aromatic carbocycles. The van der Waals surface area contributed by atoms with E-state index in [4.69, 9.17) is 5.73 Å². The van der Waals surface area contributed by atoms with Gasteiger partial charge in [-0.1, -0.05) is 0 Å². The number of aryl methyl sites for hydroxylation is 2. The first-order valence-corrected chi connectivity index (χ1v) is 5.45. The van der Waals surface area contributed by atoms with E-state index in [1.54, 1.807) is 14.0 Å². The second-order valence-corrected chi connectivity index (χ2v) is 4.08. The highest BCUT2D eigenvalue weighted by Gasteiger charge is 2.18. The zero-order chi connectivity index (χ0) is 14.2. The molecule has 0 saturated carbocycles. The van der Waals surface area contributed by atoms with E-state index in [9.17, 15) is 13.6 Å². The van der Waals surface area contributed by atoms with E-state index < -0.39 is 17.5 Å². The summed E-state index contributed by atoms with van der Waals surface area (Å²) in [5.41, 5.74) is 6.63. The molecular formula is C12H12F2N4O. The number of hydrogen-bond acceptors (Lipinski definition) is 3. The first kappa shape index (κ1) is 13.0. The predicted molar refractivity (Wildman–Crippen MR) is 66.7 cm³/mol. The van der Waals surface area contributed by atoms with Gasteiger partial charge in [0.05, 0.1) is 11.4 Å². The van der Waals surface area contributed by atoms with Crippen LogP contribution in [0.3, 0.4) is 0 Å². The maximum Gasteiger partial charge on any atom is 0.276 e. The highest BCUT2D eigenvalue weighted by Crippen LogP contribution is 2.18. The highest BCUT2D eigenvalue weighted by atomic mass is 19.1. The molecule has 0 bridgehead atoms. The van der Waals surface area contributed by atoms with Gasteiger partial charge in [0.2, 0.25) is 0 Å². The second-order valence-electron chi connectivity index (χ2n) is 4.08. The van der Waals surface area contributed by atoms with Crippen LogP contribution in [-0.4, -0.2) is 15.7 Å². The van der Waals surface area contributed by atoms with Gasteiger partial charge >= 0.3 is 0 Å². The summed E-state index contributed by atoms with van der Waals surface area (Å²) in [5.74, 6) is -2.13. The summed E-state index contributed by atoms with van der Waals surface area (Å²) in [6.07, 6.45) is 0. The Morgan fingerprint density at radius 3 is 2.37 bits per heavy atom. The molecule has 0 radical (unpaired) electrons. The number of rotatable bonds is 2. The fourth-order valence-electron chi connectivity index (χ4n) is 1.76. The van der Waals surface area contributed by atoms with Crippen LogP contribution in [0.2, 0.25) is 0 Å². The number of nitrogens with one attached hydrogen (secondary N) is 1. The van der Waals surface area contributed by atoms with E-state index in [2.05, 4.69) is 10.4 Å². The van der Waals surface area contributed by atoms with Crippen LogP contribution in [-0.2, 0) is 7.05 Å². The number of anilines is 2. The second kappa shape index (κ2) is 4.68. The van der Waals surface area contributed by atoms with Crippen molar-refractivity contribution in [1.29, 1.82) is 0 Å². The molecule has 0 unspecified atom stereocenters. The monoisotopic (exact) mass is 266 g/mol. The van der Waals surface area contributed by atoms with Crippen molar-refractivity contribution in [1.82, 2.24) is 9.78 Å². The number of nitrogens with two attached hydrogens (primary N) is 1. The molecule has 2 rings (SSSR count). The number of carbonyl (C=O) groups is 1. The van der Waals surface area contributed by atoms with Gasteiger partial charge in [-0.25, -0.2) is 8.78 Å². The minimum absolute atomic E-state index is 0.0146. The van der Waals surface area contributed by atoms with Crippen LogP contribution in [0.4, 0.5) is 20.2 Å². The summed E-state index contributed by atoms with van der Waals surface area (Å²) in [4.78, 5) is 12.0. The zero-order valence-corrected chi connectivity index (χ0v) is 10.4. The minimum Gasteiger partial charge on any atom is -0.395 e. The van der Waals surface area contributed by atoms with E-state index in [-0.39, 0.29) is 17.1 Å². The van der Waals surface area contributed by atoms with Crippen molar-refractivity contribution < 1.29 is 13.6 Å². The molecule has 1 aromatic heterocycles. The Balaban J connectivity index is 2.30. The Kier molecular flexibility index (Phi) is 3.20. The number of halogens is 2. The van der Waals surface area contributed by atoms with Crippen molar-refractivity contribution in [3.8, 4) is 0 Å². The van der Waals surface area contributed by atoms with E-state index in [1.165, 1.54) is 4.68 Å². The van der Waals surface area contributed by atoms with Crippen LogP contribution in [0.1, 0.15) is 16.2 Å². The molecule has 0 saturated heterocycles. The summed E-state index contributed by atoms with van der Waals surface area (Å²) in [7, 11) is 1.56. The van der Waals surface area contributed by atoms with Gasteiger partial charge in [-0.3, -0.25) is 9.48 Å². The standard InChI is InChI=1S/C12H12F2N4O/c1-6-10(15)11(18(2)17-6)12(19)16-9-4-7(13)3-8(14)5-9/h3-5H,15H2,1-2H3,(H,16,19). The van der Waals surface area contributed by atoms with Crippen LogP contribution in [0.15, 0.2) is 18.2 Å². The molecule has 3 N–H and O–H groups in total. The molecule has 7 heteroatoms. The number of carbonyl (C=O) groups excluding carboxylic acids is 1. The van der Waals surface area contributed by atoms with E-state index in [0.717, 1.165) is 18.2 Å². The summed E-state index contributed by atoms with van der Waals surface area (Å²) in [5, 5.41) is 6.37. The molecule has 0 fully saturated rings. The number of nitrogen functional groups attached to an aromatic ring is 1. The number of hydrogen-bond donors (Lipinski definition) is 2. The molecular weight excluding hydrogens is 254 g/mol. The average Bonchev–Trinajstić information content (AvgIpc) is 2.51. The Bertz CT molecular complexity index is 631. The molecule has 0 spiro atoms. The fourth-order valence-corrected chi connectivity index (χ4v) is 1.76. The zero-order valence-electron chi connectivity index (χ0n) is 10.4. The molecule has 19 heavy (non-hydrogen) atoms. The predicted octanol–water partition coefficient (Wildman–Crippen LogP) is 1.84. The molecule has 0 atom stereocenters. The van der Waals surface area contributed by atoms with Crippen molar-refractivity contribution in [3.05, 3.63) is 41.2 Å². The number of benzene rings is 1. The largest absolute Gasteiger partial charge is 0.395 e. The quantitative estimate of drug-likeness (QED) is 0.871. The molecule has 0 aliphatic rings. The van der Waals surface area contributed by atoms with Gasteiger partial charge in [0.15, 0.2) is 0 Å². The van der Waals surface area contributed by atoms with Crippen molar-refractivity contribution >= 4 is 17.3 Å². The number of amides is 1. The van der Waals surface area contributed by atoms with Crippen LogP contribution in [0.5, 0.6) is 0 Å². The summed E-state index contributed by atoms with van der Waals surface area (Å²) in [6.45, 7) is 1.66. The van der Waals surface area contributed by atoms with E-state index in [1.807, 2.05) is 0 Å². The van der Waals surface area contributed by atoms with Gasteiger partial charge in [-0.05, 0) is 19.1 Å². The lowest BCUT2D eigenvalue weighted by Gasteiger charge is -2.06. The maximum atomic E-state index is 13.0. The van der Waals surface area contributed by atoms with Crippen LogP contribution >= 0.6 is 0 Å². The molecule has 5 nitrogen and oxygen atoms in total. The van der Waals surface area contributed by atoms with Gasteiger partial charge in [0.25, 0.3) is 5.91 Å². The first-order chi connectivity index (χ1) is 8.88. The highest BCUT2D eigenvalue weighted by molar-refractivity contribution is 6.06. The van der Waals surface area contributed by atoms with Crippen molar-refractivity contribution in [2.45, 2.75) is 6.92 Å². The van der Waals surface area contributed by atoms with Gasteiger partial charge in [-0.2, -0.15) is 5.10 Å². The third-order valence-electron chi connectivity index (χ3n) is 2.60. The summed E-state index contributed by atoms with van der Waals surface area (Å²) in [6, 6.07) is 2.75. The Morgan fingerprint density at radius 1 is 1.32 bits per heavy atom. The van der Waals surface area contributed by atoms with Crippen LogP contribution in [0.25, 0.3) is 0 Å². The SMILES string of the molecule is Cc1nn(C)c(C(=O)Nc2cc(F)cc(F)c2)c1N. The lowest BCUT2D eigenvalue weighted by molar-refractivity contribution is 0.101. The smallest absolute Gasteiger partial charge is 0.276 e. The van der Waals surface area contributed by atoms with E-state index >= 15 is 0 Å². The number of aromatic nitrogens is 2. The number of nitrogens with zero attached hydrogens (tertiary/aromatic N) is 2. The maximum absolute atomic E-state index is 13.0. The molecule has 100 valence electrons. The third kappa shape index (κ3) is 2.54. The molecule has 1 heterocycles. The lowest BCUT2D eigenvalue weighted by atomic mass is 10.2. The normalized spacial score (nSPS) is 10.5. The van der Waals surface area contributed by atoms with Gasteiger partial charge in [0.1, 0.15) is 17.3 Å². The molecule has 0 aliphatic heterocycles. The topological polar surface area (TPSA) is 72.9 Å².